The molecule has 3 rings (SSSR count). The maximum atomic E-state index is 13.4. The van der Waals surface area contributed by atoms with Crippen LogP contribution in [0, 0.1) is 5.92 Å². The molecule has 1 unspecified atom stereocenters. The summed E-state index contributed by atoms with van der Waals surface area (Å²) >= 11 is 0. The molecule has 0 saturated carbocycles. The van der Waals surface area contributed by atoms with E-state index in [2.05, 4.69) is 15.6 Å². The topological polar surface area (TPSA) is 147 Å². The minimum Gasteiger partial charge on any atom is -0.498 e. The van der Waals surface area contributed by atoms with Crippen molar-refractivity contribution < 1.29 is 33.6 Å². The third kappa shape index (κ3) is 9.16. The normalized spacial score (nSPS) is 17.3. The highest BCUT2D eigenvalue weighted by Gasteiger charge is 2.41. The van der Waals surface area contributed by atoms with Gasteiger partial charge in [-0.2, -0.15) is 0 Å². The van der Waals surface area contributed by atoms with Crippen LogP contribution in [0.2, 0.25) is 0 Å². The van der Waals surface area contributed by atoms with Crippen LogP contribution in [0.15, 0.2) is 48.5 Å². The molecule has 12 heteroatoms. The largest absolute Gasteiger partial charge is 0.622 e. The van der Waals surface area contributed by atoms with Crippen molar-refractivity contribution in [1.29, 1.82) is 0 Å². The number of aliphatic hydroxyl groups is 1. The van der Waals surface area contributed by atoms with Crippen molar-refractivity contribution >= 4 is 30.9 Å². The average Bonchev–Trinajstić information content (AvgIpc) is 2.92. The lowest BCUT2D eigenvalue weighted by molar-refractivity contribution is -0.142. The molecule has 1 fully saturated rings. The van der Waals surface area contributed by atoms with Crippen molar-refractivity contribution in [2.45, 2.75) is 58.1 Å². The first kappa shape index (κ1) is 30.8. The van der Waals surface area contributed by atoms with Crippen LogP contribution < -0.4 is 10.6 Å². The van der Waals surface area contributed by atoms with Gasteiger partial charge in [-0.15, -0.1) is 0 Å². The van der Waals surface area contributed by atoms with Crippen molar-refractivity contribution in [2.24, 2.45) is 5.92 Å². The molecule has 3 atom stereocenters. The van der Waals surface area contributed by atoms with Gasteiger partial charge in [0, 0.05) is 18.7 Å². The zero-order chi connectivity index (χ0) is 29.2. The molecule has 1 aliphatic heterocycles. The van der Waals surface area contributed by atoms with Gasteiger partial charge in [0.1, 0.15) is 11.7 Å². The van der Waals surface area contributed by atoms with Crippen LogP contribution in [0.5, 0.6) is 0 Å². The molecule has 2 heterocycles. The Labute approximate surface area is 234 Å². The number of carbonyl (C=O) groups is 4. The van der Waals surface area contributed by atoms with E-state index in [1.54, 1.807) is 19.2 Å². The zero-order valence-electron chi connectivity index (χ0n) is 23.3. The molecule has 3 N–H and O–H groups in total. The molecule has 1 aromatic heterocycles. The van der Waals surface area contributed by atoms with Gasteiger partial charge in [0.05, 0.1) is 30.6 Å². The summed E-state index contributed by atoms with van der Waals surface area (Å²) in [6.07, 6.45) is -0.786. The number of pyridine rings is 1. The summed E-state index contributed by atoms with van der Waals surface area (Å²) in [6, 6.07) is 12.9. The molecule has 0 aliphatic carbocycles. The van der Waals surface area contributed by atoms with E-state index < -0.39 is 49.0 Å². The monoisotopic (exact) mass is 552 g/mol. The second-order valence-electron chi connectivity index (χ2n) is 10.4. The minimum absolute atomic E-state index is 0.0220. The summed E-state index contributed by atoms with van der Waals surface area (Å²) in [4.78, 5) is 57.6. The first-order valence-electron chi connectivity index (χ1n) is 13.4. The summed E-state index contributed by atoms with van der Waals surface area (Å²) in [5.74, 6) is -3.40. The molecule has 1 saturated heterocycles. The van der Waals surface area contributed by atoms with Crippen molar-refractivity contribution in [3.63, 3.8) is 0 Å². The summed E-state index contributed by atoms with van der Waals surface area (Å²) in [6.45, 7) is 6.00. The number of hydrogen-bond donors (Lipinski definition) is 3. The number of nitrogens with one attached hydrogen (secondary N) is 2. The molecule has 1 aromatic carbocycles. The van der Waals surface area contributed by atoms with Gasteiger partial charge in [-0.1, -0.05) is 50.2 Å². The molecule has 0 bridgehead atoms. The molecular formula is C28H37BN4O7. The Hall–Kier alpha value is -3.77. The van der Waals surface area contributed by atoms with Gasteiger partial charge < -0.3 is 29.9 Å². The minimum atomic E-state index is -1.36. The number of aliphatic hydroxyl groups excluding tert-OH is 1. The predicted molar refractivity (Wildman–Crippen MR) is 149 cm³/mol. The van der Waals surface area contributed by atoms with Gasteiger partial charge in [0.25, 0.3) is 17.8 Å². The predicted octanol–water partition coefficient (Wildman–Crippen LogP) is 1.60. The van der Waals surface area contributed by atoms with Crippen LogP contribution in [-0.4, -0.2) is 84.1 Å². The van der Waals surface area contributed by atoms with Crippen LogP contribution >= 0.6 is 0 Å². The lowest BCUT2D eigenvalue weighted by Gasteiger charge is -2.29. The second-order valence-corrected chi connectivity index (χ2v) is 10.4. The smallest absolute Gasteiger partial charge is 0.498 e. The van der Waals surface area contributed by atoms with Crippen LogP contribution in [0.3, 0.4) is 0 Å². The van der Waals surface area contributed by atoms with Crippen molar-refractivity contribution in [1.82, 2.24) is 20.5 Å². The quantitative estimate of drug-likeness (QED) is 0.395. The lowest BCUT2D eigenvalue weighted by Crippen LogP contribution is -2.59. The number of hydrogen-bond acceptors (Lipinski definition) is 9. The molecule has 0 radical (unpaired) electrons. The fourth-order valence-electron chi connectivity index (χ4n) is 4.21. The number of aromatic nitrogens is 1. The molecule has 11 nitrogen and oxygen atoms in total. The molecule has 40 heavy (non-hydrogen) atoms. The van der Waals surface area contributed by atoms with Crippen LogP contribution in [0.25, 0.3) is 11.3 Å². The lowest BCUT2D eigenvalue weighted by atomic mass is 9.73. The van der Waals surface area contributed by atoms with Crippen molar-refractivity contribution in [3.05, 3.63) is 54.2 Å². The summed E-state index contributed by atoms with van der Waals surface area (Å²) < 4.78 is 10.9. The van der Waals surface area contributed by atoms with E-state index in [9.17, 15) is 24.3 Å². The van der Waals surface area contributed by atoms with Crippen LogP contribution in [-0.2, 0) is 23.7 Å². The van der Waals surface area contributed by atoms with E-state index >= 15 is 0 Å². The summed E-state index contributed by atoms with van der Waals surface area (Å²) in [5, 5.41) is 15.7. The standard InChI is InChI=1S/C28H37BN4O7/c1-18(2)17-23(29-39-24(35)13-15-33(4)16-14-25(36)40-29)31-28(38)26(19(3)34)32-27(37)22-12-8-11-21(30-22)20-9-6-5-7-10-20/h5-12,18-19,23,26,34H,13-17H2,1-4H3,(H,31,38)(H,32,37)/t19?,23-,26-/m0/s1. The van der Waals surface area contributed by atoms with Gasteiger partial charge in [0.2, 0.25) is 5.91 Å². The van der Waals surface area contributed by atoms with Gasteiger partial charge in [0.15, 0.2) is 0 Å². The van der Waals surface area contributed by atoms with Crippen LogP contribution in [0.4, 0.5) is 0 Å². The third-order valence-electron chi connectivity index (χ3n) is 6.37. The summed E-state index contributed by atoms with van der Waals surface area (Å²) in [5.41, 5.74) is 1.47. The van der Waals surface area contributed by atoms with E-state index in [1.165, 1.54) is 13.0 Å². The van der Waals surface area contributed by atoms with E-state index in [0.29, 0.717) is 25.2 Å². The molecular weight excluding hydrogens is 515 g/mol. The third-order valence-corrected chi connectivity index (χ3v) is 6.37. The number of nitrogens with zero attached hydrogens (tertiary/aromatic N) is 2. The van der Waals surface area contributed by atoms with Gasteiger partial charge in [-0.3, -0.25) is 19.2 Å². The fourth-order valence-corrected chi connectivity index (χ4v) is 4.21. The Morgan fingerprint density at radius 1 is 0.975 bits per heavy atom. The van der Waals surface area contributed by atoms with Gasteiger partial charge in [-0.05, 0) is 38.4 Å². The van der Waals surface area contributed by atoms with Crippen molar-refractivity contribution in [2.75, 3.05) is 20.1 Å². The Kier molecular flexibility index (Phi) is 11.2. The molecule has 2 amide bonds. The van der Waals surface area contributed by atoms with Gasteiger partial charge in [-0.25, -0.2) is 4.98 Å². The SMILES string of the molecule is CC(C)C[C@H](NC(=O)[C@@H](NC(=O)c1cccc(-c2ccccc2)n1)C(C)O)B1OC(=O)CCN(C)CCC(=O)O1. The average molecular weight is 552 g/mol. The highest BCUT2D eigenvalue weighted by molar-refractivity contribution is 6.51. The molecule has 0 spiro atoms. The number of carbonyl (C=O) groups excluding carboxylic acids is 4. The Bertz CT molecular complexity index is 1160. The Morgan fingerprint density at radius 3 is 2.17 bits per heavy atom. The number of rotatable bonds is 9. The maximum Gasteiger partial charge on any atom is 0.622 e. The zero-order valence-corrected chi connectivity index (χ0v) is 23.3. The number of benzene rings is 1. The Morgan fingerprint density at radius 2 is 1.60 bits per heavy atom. The van der Waals surface area contributed by atoms with Crippen molar-refractivity contribution in [3.8, 4) is 11.3 Å². The number of amides is 2. The van der Waals surface area contributed by atoms with Crippen LogP contribution in [0.1, 0.15) is 50.5 Å². The van der Waals surface area contributed by atoms with E-state index in [0.717, 1.165) is 5.56 Å². The fraction of sp³-hybridized carbons (Fsp3) is 0.464. The molecule has 2 aromatic rings. The summed E-state index contributed by atoms with van der Waals surface area (Å²) in [7, 11) is 0.434. The van der Waals surface area contributed by atoms with Gasteiger partial charge >= 0.3 is 7.12 Å². The highest BCUT2D eigenvalue weighted by Crippen LogP contribution is 2.17. The second kappa shape index (κ2) is 14.6. The first-order chi connectivity index (χ1) is 19.0. The van der Waals surface area contributed by atoms with E-state index in [-0.39, 0.29) is 24.5 Å². The van der Waals surface area contributed by atoms with E-state index in [4.69, 9.17) is 9.31 Å². The highest BCUT2D eigenvalue weighted by atomic mass is 16.6. The maximum absolute atomic E-state index is 13.4. The van der Waals surface area contributed by atoms with E-state index in [1.807, 2.05) is 49.1 Å². The first-order valence-corrected chi connectivity index (χ1v) is 13.4. The molecule has 1 aliphatic rings. The Balaban J connectivity index is 1.77. The molecule has 214 valence electrons.